The summed E-state index contributed by atoms with van der Waals surface area (Å²) in [5.74, 6) is 0.676. The third-order valence-electron chi connectivity index (χ3n) is 3.93. The van der Waals surface area contributed by atoms with Crippen molar-refractivity contribution in [2.45, 2.75) is 26.3 Å². The predicted octanol–water partition coefficient (Wildman–Crippen LogP) is 2.70. The lowest BCUT2D eigenvalue weighted by molar-refractivity contribution is 0.660. The van der Waals surface area contributed by atoms with Gasteiger partial charge in [-0.3, -0.25) is 4.99 Å². The molecule has 0 fully saturated rings. The van der Waals surface area contributed by atoms with Crippen LogP contribution in [0.5, 0.6) is 0 Å². The minimum absolute atomic E-state index is 0.0746. The molecule has 1 unspecified atom stereocenters. The van der Waals surface area contributed by atoms with Crippen molar-refractivity contribution < 1.29 is 0 Å². The van der Waals surface area contributed by atoms with Crippen molar-refractivity contribution in [3.63, 3.8) is 0 Å². The van der Waals surface area contributed by atoms with Gasteiger partial charge in [-0.25, -0.2) is 4.98 Å². The highest BCUT2D eigenvalue weighted by atomic mass is 15.0. The standard InChI is InChI=1S/C17H21N5/c1-11(18)16(20-12(2)13-7-9-19-10-8-13)17-21-14-5-3-4-6-15(14)22-17/h3-7,12,18-19H,8-10H2,1-2H3,(H,21,22). The first-order chi connectivity index (χ1) is 10.6. The molecule has 1 atom stereocenters. The van der Waals surface area contributed by atoms with Crippen LogP contribution in [0.4, 0.5) is 0 Å². The highest BCUT2D eigenvalue weighted by Crippen LogP contribution is 2.16. The molecule has 0 aliphatic carbocycles. The number of para-hydroxylation sites is 2. The Morgan fingerprint density at radius 1 is 1.36 bits per heavy atom. The summed E-state index contributed by atoms with van der Waals surface area (Å²) in [6.07, 6.45) is 3.21. The van der Waals surface area contributed by atoms with Crippen molar-refractivity contribution in [1.29, 1.82) is 5.41 Å². The minimum atomic E-state index is 0.0746. The number of H-pyrrole nitrogens is 1. The lowest BCUT2D eigenvalue weighted by Gasteiger charge is -2.18. The second-order valence-corrected chi connectivity index (χ2v) is 5.61. The van der Waals surface area contributed by atoms with Gasteiger partial charge in [-0.05, 0) is 44.5 Å². The van der Waals surface area contributed by atoms with Gasteiger partial charge in [0.1, 0.15) is 5.71 Å². The second-order valence-electron chi connectivity index (χ2n) is 5.61. The highest BCUT2D eigenvalue weighted by Gasteiger charge is 2.16. The number of imidazole rings is 1. The van der Waals surface area contributed by atoms with Crippen LogP contribution >= 0.6 is 0 Å². The Morgan fingerprint density at radius 2 is 2.18 bits per heavy atom. The fraction of sp³-hybridized carbons (Fsp3) is 0.353. The average molecular weight is 295 g/mol. The van der Waals surface area contributed by atoms with Gasteiger partial charge in [-0.2, -0.15) is 0 Å². The first-order valence-electron chi connectivity index (χ1n) is 7.63. The predicted molar refractivity (Wildman–Crippen MR) is 91.1 cm³/mol. The molecule has 3 rings (SSSR count). The Kier molecular flexibility index (Phi) is 4.15. The molecular weight excluding hydrogens is 274 g/mol. The van der Waals surface area contributed by atoms with Gasteiger partial charge < -0.3 is 15.7 Å². The molecule has 0 radical (unpaired) electrons. The van der Waals surface area contributed by atoms with Crippen LogP contribution in [0.1, 0.15) is 26.1 Å². The Morgan fingerprint density at radius 3 is 2.86 bits per heavy atom. The molecule has 5 heteroatoms. The van der Waals surface area contributed by atoms with Gasteiger partial charge in [0.25, 0.3) is 0 Å². The van der Waals surface area contributed by atoms with Crippen molar-refractivity contribution in [3.8, 4) is 0 Å². The number of aromatic nitrogens is 2. The van der Waals surface area contributed by atoms with E-state index in [-0.39, 0.29) is 6.04 Å². The molecule has 0 saturated carbocycles. The molecule has 5 nitrogen and oxygen atoms in total. The molecule has 22 heavy (non-hydrogen) atoms. The number of benzene rings is 1. The van der Waals surface area contributed by atoms with Crippen LogP contribution in [0, 0.1) is 5.41 Å². The molecule has 0 spiro atoms. The van der Waals surface area contributed by atoms with E-state index in [9.17, 15) is 0 Å². The summed E-state index contributed by atoms with van der Waals surface area (Å²) in [5, 5.41) is 11.4. The molecule has 0 bridgehead atoms. The lowest BCUT2D eigenvalue weighted by Crippen LogP contribution is -2.25. The zero-order valence-electron chi connectivity index (χ0n) is 13.0. The Labute approximate surface area is 130 Å². The summed E-state index contributed by atoms with van der Waals surface area (Å²) in [7, 11) is 0. The SMILES string of the molecule is CC(=N)C(=NC(C)C1=CCNCC1)c1nc2ccccc2[nH]1. The normalized spacial score (nSPS) is 17.4. The first kappa shape index (κ1) is 14.7. The van der Waals surface area contributed by atoms with Gasteiger partial charge in [0, 0.05) is 6.54 Å². The van der Waals surface area contributed by atoms with E-state index >= 15 is 0 Å². The average Bonchev–Trinajstić information content (AvgIpc) is 2.96. The van der Waals surface area contributed by atoms with Crippen LogP contribution in [0.3, 0.4) is 0 Å². The van der Waals surface area contributed by atoms with Gasteiger partial charge in [0.2, 0.25) is 0 Å². The van der Waals surface area contributed by atoms with Crippen LogP contribution in [0.2, 0.25) is 0 Å². The zero-order chi connectivity index (χ0) is 15.5. The number of rotatable bonds is 4. The Balaban J connectivity index is 1.96. The van der Waals surface area contributed by atoms with E-state index in [4.69, 9.17) is 10.4 Å². The summed E-state index contributed by atoms with van der Waals surface area (Å²) >= 11 is 0. The van der Waals surface area contributed by atoms with E-state index in [0.29, 0.717) is 17.2 Å². The highest BCUT2D eigenvalue weighted by molar-refractivity contribution is 6.45. The van der Waals surface area contributed by atoms with Crippen molar-refractivity contribution in [2.75, 3.05) is 13.1 Å². The van der Waals surface area contributed by atoms with Crippen molar-refractivity contribution in [1.82, 2.24) is 15.3 Å². The summed E-state index contributed by atoms with van der Waals surface area (Å²) in [4.78, 5) is 12.6. The Hall–Kier alpha value is -2.27. The van der Waals surface area contributed by atoms with E-state index in [1.54, 1.807) is 6.92 Å². The second kappa shape index (κ2) is 6.23. The smallest absolute Gasteiger partial charge is 0.158 e. The van der Waals surface area contributed by atoms with Crippen LogP contribution < -0.4 is 5.32 Å². The van der Waals surface area contributed by atoms with Gasteiger partial charge in [0.05, 0.1) is 22.8 Å². The van der Waals surface area contributed by atoms with E-state index in [2.05, 4.69) is 28.3 Å². The zero-order valence-corrected chi connectivity index (χ0v) is 13.0. The topological polar surface area (TPSA) is 76.9 Å². The van der Waals surface area contributed by atoms with Gasteiger partial charge in [-0.1, -0.05) is 18.2 Å². The van der Waals surface area contributed by atoms with Crippen LogP contribution in [-0.2, 0) is 0 Å². The molecule has 1 aromatic heterocycles. The van der Waals surface area contributed by atoms with Crippen molar-refractivity contribution in [2.24, 2.45) is 4.99 Å². The summed E-state index contributed by atoms with van der Waals surface area (Å²) < 4.78 is 0. The minimum Gasteiger partial charge on any atom is -0.337 e. The largest absolute Gasteiger partial charge is 0.337 e. The number of hydrogen-bond acceptors (Lipinski definition) is 4. The Bertz CT molecular complexity index is 720. The molecule has 3 N–H and O–H groups in total. The number of nitrogens with one attached hydrogen (secondary N) is 3. The first-order valence-corrected chi connectivity index (χ1v) is 7.63. The number of hydrogen-bond donors (Lipinski definition) is 3. The molecule has 0 amide bonds. The van der Waals surface area contributed by atoms with Crippen LogP contribution in [0.25, 0.3) is 11.0 Å². The fourth-order valence-corrected chi connectivity index (χ4v) is 2.70. The summed E-state index contributed by atoms with van der Waals surface area (Å²) in [6, 6.07) is 7.96. The van der Waals surface area contributed by atoms with Gasteiger partial charge >= 0.3 is 0 Å². The van der Waals surface area contributed by atoms with E-state index < -0.39 is 0 Å². The van der Waals surface area contributed by atoms with Gasteiger partial charge in [0.15, 0.2) is 5.82 Å². The third kappa shape index (κ3) is 2.99. The molecule has 0 saturated heterocycles. The number of nitrogens with zero attached hydrogens (tertiary/aromatic N) is 2. The molecule has 2 aromatic rings. The van der Waals surface area contributed by atoms with Gasteiger partial charge in [-0.15, -0.1) is 0 Å². The van der Waals surface area contributed by atoms with E-state index in [1.807, 2.05) is 24.3 Å². The third-order valence-corrected chi connectivity index (χ3v) is 3.93. The quantitative estimate of drug-likeness (QED) is 0.599. The lowest BCUT2D eigenvalue weighted by atomic mass is 10.0. The molecular formula is C17H21N5. The molecule has 1 aromatic carbocycles. The van der Waals surface area contributed by atoms with E-state index in [0.717, 1.165) is 30.5 Å². The van der Waals surface area contributed by atoms with Crippen LogP contribution in [0.15, 0.2) is 40.9 Å². The molecule has 1 aliphatic heterocycles. The fourth-order valence-electron chi connectivity index (χ4n) is 2.70. The number of fused-ring (bicyclic) bond motifs is 1. The van der Waals surface area contributed by atoms with Crippen LogP contribution in [-0.4, -0.2) is 40.5 Å². The summed E-state index contributed by atoms with van der Waals surface area (Å²) in [6.45, 7) is 5.74. The monoisotopic (exact) mass is 295 g/mol. The number of aliphatic imine (C=N–C) groups is 1. The molecule has 1 aliphatic rings. The van der Waals surface area contributed by atoms with Crippen molar-refractivity contribution in [3.05, 3.63) is 41.7 Å². The molecule has 2 heterocycles. The number of aromatic amines is 1. The maximum absolute atomic E-state index is 8.05. The summed E-state index contributed by atoms with van der Waals surface area (Å²) in [5.41, 5.74) is 4.28. The van der Waals surface area contributed by atoms with E-state index in [1.165, 1.54) is 5.57 Å². The molecule has 114 valence electrons. The van der Waals surface area contributed by atoms with Crippen molar-refractivity contribution >= 4 is 22.5 Å². The maximum atomic E-state index is 8.05. The maximum Gasteiger partial charge on any atom is 0.158 e.